The van der Waals surface area contributed by atoms with Crippen LogP contribution in [0.1, 0.15) is 19.8 Å². The van der Waals surface area contributed by atoms with Crippen molar-refractivity contribution in [1.82, 2.24) is 4.72 Å². The maximum atomic E-state index is 11.6. The smallest absolute Gasteiger partial charge is 0.305 e. The number of nitrogens with one attached hydrogen (secondary N) is 1. The van der Waals surface area contributed by atoms with Crippen molar-refractivity contribution < 1.29 is 17.9 Å². The molecule has 0 atom stereocenters. The molecule has 0 bridgehead atoms. The van der Waals surface area contributed by atoms with E-state index in [-0.39, 0.29) is 23.1 Å². The number of sulfonamides is 1. The number of hydrogen-bond donors (Lipinski definition) is 1. The Balaban J connectivity index is 2.30. The Morgan fingerprint density at radius 2 is 2.29 bits per heavy atom. The van der Waals surface area contributed by atoms with Gasteiger partial charge < -0.3 is 4.74 Å². The minimum Gasteiger partial charge on any atom is -0.466 e. The van der Waals surface area contributed by atoms with Crippen LogP contribution in [0.5, 0.6) is 0 Å². The molecule has 0 aromatic carbocycles. The van der Waals surface area contributed by atoms with Crippen LogP contribution in [0.2, 0.25) is 0 Å². The van der Waals surface area contributed by atoms with E-state index in [1.807, 2.05) is 0 Å². The largest absolute Gasteiger partial charge is 0.466 e. The Bertz CT molecular complexity index is 439. The van der Waals surface area contributed by atoms with Crippen LogP contribution in [-0.2, 0) is 19.6 Å². The third-order valence-corrected chi connectivity index (χ3v) is 4.77. The number of ether oxygens (including phenoxy) is 1. The molecule has 0 aliphatic carbocycles. The highest BCUT2D eigenvalue weighted by Gasteiger charge is 2.14. The molecular formula is C10H15NO4S2. The van der Waals surface area contributed by atoms with Crippen LogP contribution in [0, 0.1) is 0 Å². The van der Waals surface area contributed by atoms with Crippen molar-refractivity contribution in [2.45, 2.75) is 24.0 Å². The van der Waals surface area contributed by atoms with Crippen LogP contribution >= 0.6 is 11.3 Å². The van der Waals surface area contributed by atoms with Gasteiger partial charge in [0.15, 0.2) is 0 Å². The lowest BCUT2D eigenvalue weighted by Gasteiger charge is -2.04. The molecule has 1 rings (SSSR count). The predicted molar refractivity (Wildman–Crippen MR) is 65.4 cm³/mol. The van der Waals surface area contributed by atoms with Crippen LogP contribution in [-0.4, -0.2) is 27.5 Å². The lowest BCUT2D eigenvalue weighted by atomic mass is 10.3. The third-order valence-electron chi connectivity index (χ3n) is 1.92. The molecule has 1 aromatic rings. The fraction of sp³-hybridized carbons (Fsp3) is 0.500. The van der Waals surface area contributed by atoms with Crippen LogP contribution in [0.3, 0.4) is 0 Å². The molecule has 0 radical (unpaired) electrons. The zero-order valence-electron chi connectivity index (χ0n) is 9.51. The molecule has 1 aromatic heterocycles. The molecule has 0 unspecified atom stereocenters. The van der Waals surface area contributed by atoms with E-state index in [2.05, 4.69) is 4.72 Å². The Kier molecular flexibility index (Phi) is 5.60. The van der Waals surface area contributed by atoms with Gasteiger partial charge in [-0.05, 0) is 24.8 Å². The van der Waals surface area contributed by atoms with Gasteiger partial charge in [0, 0.05) is 13.0 Å². The second kappa shape index (κ2) is 6.73. The molecule has 0 saturated heterocycles. The van der Waals surface area contributed by atoms with Gasteiger partial charge in [0.2, 0.25) is 10.0 Å². The lowest BCUT2D eigenvalue weighted by Crippen LogP contribution is -2.24. The second-order valence-corrected chi connectivity index (χ2v) is 6.18. The average Bonchev–Trinajstić information content (AvgIpc) is 2.79. The zero-order valence-corrected chi connectivity index (χ0v) is 11.1. The average molecular weight is 277 g/mol. The number of thiophene rings is 1. The molecule has 7 heteroatoms. The van der Waals surface area contributed by atoms with Crippen molar-refractivity contribution in [3.8, 4) is 0 Å². The molecule has 96 valence electrons. The van der Waals surface area contributed by atoms with Crippen LogP contribution in [0.25, 0.3) is 0 Å². The quantitative estimate of drug-likeness (QED) is 0.603. The fourth-order valence-corrected chi connectivity index (χ4v) is 3.27. The summed E-state index contributed by atoms with van der Waals surface area (Å²) in [4.78, 5) is 11.0. The molecular weight excluding hydrogens is 262 g/mol. The highest BCUT2D eigenvalue weighted by Crippen LogP contribution is 2.15. The van der Waals surface area contributed by atoms with Crippen molar-refractivity contribution in [1.29, 1.82) is 0 Å². The monoisotopic (exact) mass is 277 g/mol. The molecule has 0 fully saturated rings. The van der Waals surface area contributed by atoms with Gasteiger partial charge in [-0.25, -0.2) is 13.1 Å². The fourth-order valence-electron chi connectivity index (χ4n) is 1.16. The van der Waals surface area contributed by atoms with E-state index in [1.54, 1.807) is 24.4 Å². The Morgan fingerprint density at radius 1 is 1.53 bits per heavy atom. The van der Waals surface area contributed by atoms with E-state index in [0.717, 1.165) is 11.3 Å². The van der Waals surface area contributed by atoms with Crippen molar-refractivity contribution in [2.24, 2.45) is 0 Å². The minimum absolute atomic E-state index is 0.223. The summed E-state index contributed by atoms with van der Waals surface area (Å²) in [6, 6.07) is 3.22. The Morgan fingerprint density at radius 3 is 2.88 bits per heavy atom. The van der Waals surface area contributed by atoms with Crippen molar-refractivity contribution in [3.63, 3.8) is 0 Å². The van der Waals surface area contributed by atoms with E-state index < -0.39 is 10.0 Å². The number of esters is 1. The van der Waals surface area contributed by atoms with Gasteiger partial charge in [-0.2, -0.15) is 0 Å². The zero-order chi connectivity index (χ0) is 12.7. The minimum atomic E-state index is -3.41. The number of carbonyl (C=O) groups is 1. The maximum Gasteiger partial charge on any atom is 0.305 e. The van der Waals surface area contributed by atoms with Crippen LogP contribution in [0.4, 0.5) is 0 Å². The molecule has 0 aliphatic heterocycles. The summed E-state index contributed by atoms with van der Waals surface area (Å²) in [5, 5.41) is 1.70. The topological polar surface area (TPSA) is 72.5 Å². The van der Waals surface area contributed by atoms with E-state index in [1.165, 1.54) is 0 Å². The number of hydrogen-bond acceptors (Lipinski definition) is 5. The van der Waals surface area contributed by atoms with Gasteiger partial charge in [0.1, 0.15) is 4.21 Å². The Hall–Kier alpha value is -0.920. The van der Waals surface area contributed by atoms with Gasteiger partial charge in [0.05, 0.1) is 6.61 Å². The first kappa shape index (κ1) is 14.1. The SMILES string of the molecule is CCOC(=O)CCCNS(=O)(=O)c1cccs1. The van der Waals surface area contributed by atoms with E-state index in [9.17, 15) is 13.2 Å². The summed E-state index contributed by atoms with van der Waals surface area (Å²) in [5.74, 6) is -0.303. The molecule has 17 heavy (non-hydrogen) atoms. The van der Waals surface area contributed by atoms with Crippen LogP contribution < -0.4 is 4.72 Å². The predicted octanol–water partition coefficient (Wildman–Crippen LogP) is 1.37. The summed E-state index contributed by atoms with van der Waals surface area (Å²) < 4.78 is 30.7. The number of rotatable bonds is 7. The molecule has 0 spiro atoms. The van der Waals surface area contributed by atoms with Gasteiger partial charge in [-0.1, -0.05) is 6.07 Å². The first-order chi connectivity index (χ1) is 8.06. The molecule has 0 amide bonds. The van der Waals surface area contributed by atoms with Gasteiger partial charge in [-0.15, -0.1) is 11.3 Å². The van der Waals surface area contributed by atoms with E-state index in [0.29, 0.717) is 13.0 Å². The molecule has 1 heterocycles. The van der Waals surface area contributed by atoms with Crippen molar-refractivity contribution in [3.05, 3.63) is 17.5 Å². The third kappa shape index (κ3) is 4.84. The van der Waals surface area contributed by atoms with Crippen molar-refractivity contribution in [2.75, 3.05) is 13.2 Å². The highest BCUT2D eigenvalue weighted by molar-refractivity contribution is 7.91. The first-order valence-electron chi connectivity index (χ1n) is 5.25. The van der Waals surface area contributed by atoms with Crippen LogP contribution in [0.15, 0.2) is 21.7 Å². The number of carbonyl (C=O) groups excluding carboxylic acids is 1. The molecule has 1 N–H and O–H groups in total. The van der Waals surface area contributed by atoms with E-state index in [4.69, 9.17) is 4.74 Å². The summed E-state index contributed by atoms with van der Waals surface area (Å²) in [5.41, 5.74) is 0. The summed E-state index contributed by atoms with van der Waals surface area (Å²) in [6.45, 7) is 2.32. The van der Waals surface area contributed by atoms with Gasteiger partial charge in [-0.3, -0.25) is 4.79 Å². The van der Waals surface area contributed by atoms with Crippen molar-refractivity contribution >= 4 is 27.3 Å². The Labute approximate surface area is 105 Å². The van der Waals surface area contributed by atoms with Gasteiger partial charge in [0.25, 0.3) is 0 Å². The standard InChI is InChI=1S/C10H15NO4S2/c1-2-15-9(12)5-3-7-11-17(13,14)10-6-4-8-16-10/h4,6,8,11H,2-3,5,7H2,1H3. The first-order valence-corrected chi connectivity index (χ1v) is 7.61. The van der Waals surface area contributed by atoms with E-state index >= 15 is 0 Å². The summed E-state index contributed by atoms with van der Waals surface area (Å²) >= 11 is 1.16. The summed E-state index contributed by atoms with van der Waals surface area (Å²) in [7, 11) is -3.41. The highest BCUT2D eigenvalue weighted by atomic mass is 32.2. The second-order valence-electron chi connectivity index (χ2n) is 3.24. The summed E-state index contributed by atoms with van der Waals surface area (Å²) in [6.07, 6.45) is 0.657. The molecule has 0 saturated carbocycles. The molecule has 5 nitrogen and oxygen atoms in total. The molecule has 0 aliphatic rings. The lowest BCUT2D eigenvalue weighted by molar-refractivity contribution is -0.143. The normalized spacial score (nSPS) is 11.4. The maximum absolute atomic E-state index is 11.6. The van der Waals surface area contributed by atoms with Gasteiger partial charge >= 0.3 is 5.97 Å².